The molecule has 422 valence electrons. The highest BCUT2D eigenvalue weighted by molar-refractivity contribution is 7.47. The van der Waals surface area contributed by atoms with Gasteiger partial charge in [-0.25, -0.2) is 4.57 Å². The molecule has 0 bridgehead atoms. The van der Waals surface area contributed by atoms with Gasteiger partial charge in [0.15, 0.2) is 0 Å². The highest BCUT2D eigenvalue weighted by atomic mass is 31.2. The lowest BCUT2D eigenvalue weighted by Gasteiger charge is -2.27. The number of carbonyl (C=O) groups excluding carboxylic acids is 2. The minimum absolute atomic E-state index is 0.0306. The molecule has 0 rings (SSSR count). The fourth-order valence-corrected chi connectivity index (χ4v) is 8.88. The topological polar surface area (TPSA) is 111 Å². The first-order valence-electron chi connectivity index (χ1n) is 29.9. The van der Waals surface area contributed by atoms with E-state index in [0.717, 1.165) is 116 Å². The highest BCUT2D eigenvalue weighted by Crippen LogP contribution is 2.43. The first-order chi connectivity index (χ1) is 35.4. The summed E-state index contributed by atoms with van der Waals surface area (Å²) < 4.78 is 30.6. The first-order valence-corrected chi connectivity index (χ1v) is 31.4. The summed E-state index contributed by atoms with van der Waals surface area (Å²) in [7, 11) is 1.47. The molecule has 0 aromatic carbocycles. The molecule has 0 saturated carbocycles. The molecule has 0 aromatic heterocycles. The molecule has 1 amide bonds. The zero-order valence-corrected chi connectivity index (χ0v) is 49.0. The summed E-state index contributed by atoms with van der Waals surface area (Å²) in [6, 6.07) is -0.866. The molecule has 0 aromatic rings. The summed E-state index contributed by atoms with van der Waals surface area (Å²) in [6.45, 7) is 6.92. The monoisotopic (exact) mass is 1040 g/mol. The van der Waals surface area contributed by atoms with Crippen LogP contribution in [0.3, 0.4) is 0 Å². The van der Waals surface area contributed by atoms with Crippen LogP contribution >= 0.6 is 7.82 Å². The molecule has 0 spiro atoms. The van der Waals surface area contributed by atoms with Crippen molar-refractivity contribution in [3.05, 3.63) is 85.1 Å². The van der Waals surface area contributed by atoms with Crippen molar-refractivity contribution in [1.82, 2.24) is 5.32 Å². The summed E-state index contributed by atoms with van der Waals surface area (Å²) in [5.74, 6) is -0.543. The van der Waals surface area contributed by atoms with Crippen molar-refractivity contribution in [1.29, 1.82) is 0 Å². The number of phosphoric acid groups is 1. The van der Waals surface area contributed by atoms with E-state index in [4.69, 9.17) is 13.8 Å². The lowest BCUT2D eigenvalue weighted by Crippen LogP contribution is -2.47. The molecule has 0 heterocycles. The average molecular weight is 1040 g/mol. The van der Waals surface area contributed by atoms with Crippen LogP contribution < -0.4 is 5.32 Å². The molecule has 0 fully saturated rings. The van der Waals surface area contributed by atoms with Gasteiger partial charge in [-0.2, -0.15) is 0 Å². The summed E-state index contributed by atoms with van der Waals surface area (Å²) in [5.41, 5.74) is 0. The van der Waals surface area contributed by atoms with Gasteiger partial charge in [0.1, 0.15) is 19.3 Å². The number of allylic oxidation sites excluding steroid dienone is 13. The fourth-order valence-electron chi connectivity index (χ4n) is 8.15. The minimum Gasteiger partial charge on any atom is -0.456 e. The Morgan fingerprint density at radius 2 is 0.877 bits per heavy atom. The number of esters is 1. The minimum atomic E-state index is -4.46. The van der Waals surface area contributed by atoms with Crippen LogP contribution in [0, 0.1) is 0 Å². The van der Waals surface area contributed by atoms with Crippen molar-refractivity contribution in [2.75, 3.05) is 40.9 Å². The Morgan fingerprint density at radius 1 is 0.493 bits per heavy atom. The molecule has 0 radical (unpaired) electrons. The van der Waals surface area contributed by atoms with Gasteiger partial charge in [-0.15, -0.1) is 0 Å². The lowest BCUT2D eigenvalue weighted by atomic mass is 10.1. The van der Waals surface area contributed by atoms with Crippen LogP contribution in [0.4, 0.5) is 0 Å². The third kappa shape index (κ3) is 53.8. The highest BCUT2D eigenvalue weighted by Gasteiger charge is 2.30. The molecule has 0 saturated heterocycles. The van der Waals surface area contributed by atoms with Crippen molar-refractivity contribution < 1.29 is 37.3 Å². The van der Waals surface area contributed by atoms with Crippen molar-refractivity contribution in [2.45, 2.75) is 264 Å². The van der Waals surface area contributed by atoms with Crippen LogP contribution in [-0.4, -0.2) is 74.3 Å². The van der Waals surface area contributed by atoms with Gasteiger partial charge >= 0.3 is 13.8 Å². The summed E-state index contributed by atoms with van der Waals surface area (Å²) >= 11 is 0. The zero-order valence-electron chi connectivity index (χ0n) is 48.1. The van der Waals surface area contributed by atoms with E-state index in [2.05, 4.69) is 99.0 Å². The van der Waals surface area contributed by atoms with Gasteiger partial charge in [0.05, 0.1) is 33.8 Å². The second-order valence-electron chi connectivity index (χ2n) is 21.2. The smallest absolute Gasteiger partial charge is 0.456 e. The van der Waals surface area contributed by atoms with E-state index in [-0.39, 0.29) is 31.5 Å². The number of quaternary nitrogens is 1. The van der Waals surface area contributed by atoms with E-state index in [1.165, 1.54) is 103 Å². The van der Waals surface area contributed by atoms with Crippen molar-refractivity contribution in [2.24, 2.45) is 0 Å². The van der Waals surface area contributed by atoms with Gasteiger partial charge < -0.3 is 19.4 Å². The molecular weight excluding hydrogens is 928 g/mol. The SMILES string of the molecule is CCCCC/C=C\C/C=C\C/C=C\C/C=C\CCCCCCCC(=O)NC(COP(=O)(O)OCC[N+](C)(C)C)C(/C=C\CCCCCCCCCCC)OC(=O)CCCCCCCC/C=C/C=C/CCCCC. The Kier molecular flexibility index (Phi) is 50.6. The summed E-state index contributed by atoms with van der Waals surface area (Å²) in [4.78, 5) is 37.6. The Morgan fingerprint density at radius 3 is 1.36 bits per heavy atom. The van der Waals surface area contributed by atoms with Crippen LogP contribution in [0.25, 0.3) is 0 Å². The summed E-state index contributed by atoms with van der Waals surface area (Å²) in [6.07, 6.45) is 68.6. The zero-order chi connectivity index (χ0) is 53.6. The molecule has 0 aliphatic heterocycles. The Balaban J connectivity index is 5.31. The van der Waals surface area contributed by atoms with E-state index in [0.29, 0.717) is 17.4 Å². The largest absolute Gasteiger partial charge is 0.472 e. The number of nitrogens with zero attached hydrogens (tertiary/aromatic N) is 1. The number of carbonyl (C=O) groups is 2. The predicted octanol–water partition coefficient (Wildman–Crippen LogP) is 18.2. The fraction of sp³-hybridized carbons (Fsp3) is 0.746. The molecule has 10 heteroatoms. The molecular formula is C63H114N2O7P+. The Labute approximate surface area is 450 Å². The third-order valence-electron chi connectivity index (χ3n) is 12.8. The van der Waals surface area contributed by atoms with E-state index in [1.807, 2.05) is 33.3 Å². The van der Waals surface area contributed by atoms with Crippen LogP contribution in [0.1, 0.15) is 252 Å². The maximum atomic E-state index is 13.5. The van der Waals surface area contributed by atoms with E-state index >= 15 is 0 Å². The number of hydrogen-bond acceptors (Lipinski definition) is 6. The molecule has 3 atom stereocenters. The number of hydrogen-bond donors (Lipinski definition) is 2. The number of likely N-dealkylation sites (N-methyl/N-ethyl adjacent to an activating group) is 1. The maximum Gasteiger partial charge on any atom is 0.472 e. The molecule has 3 unspecified atom stereocenters. The number of unbranched alkanes of at least 4 members (excludes halogenated alkanes) is 26. The first kappa shape index (κ1) is 70.2. The number of nitrogens with one attached hydrogen (secondary N) is 1. The second kappa shape index (κ2) is 52.6. The molecule has 0 aliphatic carbocycles. The van der Waals surface area contributed by atoms with Crippen molar-refractivity contribution >= 4 is 19.7 Å². The number of rotatable bonds is 53. The predicted molar refractivity (Wildman–Crippen MR) is 314 cm³/mol. The standard InChI is InChI=1S/C63H113N2O7P/c1-7-10-13-16-19-22-25-27-29-30-31-32-33-34-36-37-40-43-46-49-52-55-62(66)64-60(59-71-73(68,69)70-58-57-65(4,5)6)61(54-51-48-45-42-39-24-21-18-15-12-9-3)72-63(67)56-53-50-47-44-41-38-35-28-26-23-20-17-14-11-8-2/h19-20,22-23,26-29,31-32,34,36,51,54,60-61H,7-18,21,24-25,30,33,35,37-50,52-53,55-59H2,1-6H3,(H-,64,66,68,69)/p+1/b22-19-,23-20+,28-26+,29-27-,32-31-,36-34-,54-51-. The van der Waals surface area contributed by atoms with Crippen molar-refractivity contribution in [3.63, 3.8) is 0 Å². The second-order valence-corrected chi connectivity index (χ2v) is 22.6. The molecule has 73 heavy (non-hydrogen) atoms. The number of ether oxygens (including phenoxy) is 1. The molecule has 9 nitrogen and oxygen atoms in total. The van der Waals surface area contributed by atoms with Gasteiger partial charge in [0.25, 0.3) is 0 Å². The van der Waals surface area contributed by atoms with Crippen molar-refractivity contribution in [3.8, 4) is 0 Å². The molecule has 0 aliphatic rings. The lowest BCUT2D eigenvalue weighted by molar-refractivity contribution is -0.870. The van der Waals surface area contributed by atoms with Gasteiger partial charge in [0, 0.05) is 12.8 Å². The maximum absolute atomic E-state index is 13.5. The van der Waals surface area contributed by atoms with E-state index in [1.54, 1.807) is 0 Å². The van der Waals surface area contributed by atoms with Crippen LogP contribution in [-0.2, 0) is 27.9 Å². The normalized spacial score (nSPS) is 14.3. The van der Waals surface area contributed by atoms with Crippen LogP contribution in [0.5, 0.6) is 0 Å². The van der Waals surface area contributed by atoms with Gasteiger partial charge in [-0.05, 0) is 102 Å². The van der Waals surface area contributed by atoms with Crippen LogP contribution in [0.2, 0.25) is 0 Å². The number of phosphoric ester groups is 1. The Bertz CT molecular complexity index is 1530. The van der Waals surface area contributed by atoms with Gasteiger partial charge in [-0.1, -0.05) is 222 Å². The third-order valence-corrected chi connectivity index (χ3v) is 13.8. The van der Waals surface area contributed by atoms with E-state index in [9.17, 15) is 19.0 Å². The average Bonchev–Trinajstić information content (AvgIpc) is 3.35. The summed E-state index contributed by atoms with van der Waals surface area (Å²) in [5, 5.41) is 3.04. The number of amides is 1. The van der Waals surface area contributed by atoms with Crippen LogP contribution in [0.15, 0.2) is 85.1 Å². The van der Waals surface area contributed by atoms with Gasteiger partial charge in [-0.3, -0.25) is 18.6 Å². The quantitative estimate of drug-likeness (QED) is 0.0156. The van der Waals surface area contributed by atoms with E-state index < -0.39 is 20.0 Å². The Hall–Kier alpha value is -2.81. The molecule has 2 N–H and O–H groups in total. The van der Waals surface area contributed by atoms with Gasteiger partial charge in [0.2, 0.25) is 5.91 Å².